The molecule has 1 aromatic rings. The van der Waals surface area contributed by atoms with Crippen LogP contribution in [0, 0.1) is 0 Å². The molecule has 0 radical (unpaired) electrons. The van der Waals surface area contributed by atoms with E-state index in [0.29, 0.717) is 12.2 Å². The van der Waals surface area contributed by atoms with Gasteiger partial charge in [0.1, 0.15) is 11.5 Å². The van der Waals surface area contributed by atoms with Crippen LogP contribution in [0.4, 0.5) is 13.2 Å². The van der Waals surface area contributed by atoms with Gasteiger partial charge in [-0.1, -0.05) is 0 Å². The summed E-state index contributed by atoms with van der Waals surface area (Å²) >= 11 is 3.07. The second kappa shape index (κ2) is 7.51. The topological polar surface area (TPSA) is 61.8 Å². The maximum Gasteiger partial charge on any atom is 0.573 e. The summed E-state index contributed by atoms with van der Waals surface area (Å²) in [6.07, 6.45) is -4.09. The van der Waals surface area contributed by atoms with Crippen LogP contribution in [0.25, 0.3) is 0 Å². The molecule has 0 spiro atoms. The van der Waals surface area contributed by atoms with Crippen LogP contribution in [0.2, 0.25) is 0 Å². The Morgan fingerprint density at radius 1 is 1.32 bits per heavy atom. The van der Waals surface area contributed by atoms with Crippen molar-refractivity contribution < 1.29 is 35.2 Å². The van der Waals surface area contributed by atoms with E-state index in [1.165, 1.54) is 6.07 Å². The molecule has 0 aromatic heterocycles. The van der Waals surface area contributed by atoms with Gasteiger partial charge in [-0.25, -0.2) is 0 Å². The zero-order valence-corrected chi connectivity index (χ0v) is 14.1. The molecule has 0 saturated heterocycles. The molecule has 0 amide bonds. The second-order valence-corrected chi connectivity index (χ2v) is 6.84. The van der Waals surface area contributed by atoms with Gasteiger partial charge >= 0.3 is 6.36 Å². The molecular formula is C12H14BrF3O5S. The Morgan fingerprint density at radius 3 is 2.45 bits per heavy atom. The predicted octanol–water partition coefficient (Wildman–Crippen LogP) is 3.48. The largest absolute Gasteiger partial charge is 0.573 e. The SMILES string of the molecule is CC(CCOc1ccc(OC(F)(F)F)cc1Br)OS(C)(=O)=O. The third kappa shape index (κ3) is 7.85. The molecule has 1 aromatic carbocycles. The van der Waals surface area contributed by atoms with E-state index in [2.05, 4.69) is 20.7 Å². The highest BCUT2D eigenvalue weighted by atomic mass is 79.9. The molecule has 0 saturated carbocycles. The molecule has 0 bridgehead atoms. The summed E-state index contributed by atoms with van der Waals surface area (Å²) in [5, 5.41) is 0. The molecule has 0 fully saturated rings. The van der Waals surface area contributed by atoms with E-state index in [4.69, 9.17) is 8.92 Å². The standard InChI is InChI=1S/C12H14BrF3O5S/c1-8(21-22(2,17)18)5-6-19-11-4-3-9(7-10(11)13)20-12(14,15)16/h3-4,7-8H,5-6H2,1-2H3. The van der Waals surface area contributed by atoms with Crippen LogP contribution in [-0.4, -0.2) is 33.7 Å². The number of rotatable bonds is 7. The zero-order valence-electron chi connectivity index (χ0n) is 11.7. The van der Waals surface area contributed by atoms with E-state index in [0.717, 1.165) is 18.4 Å². The monoisotopic (exact) mass is 406 g/mol. The summed E-state index contributed by atoms with van der Waals surface area (Å²) < 4.78 is 72.1. The third-order valence-corrected chi connectivity index (χ3v) is 3.56. The first kappa shape index (κ1) is 19.0. The molecule has 0 aliphatic rings. The van der Waals surface area contributed by atoms with Crippen molar-refractivity contribution in [1.29, 1.82) is 0 Å². The van der Waals surface area contributed by atoms with Gasteiger partial charge in [-0.05, 0) is 41.1 Å². The Labute approximate surface area is 134 Å². The van der Waals surface area contributed by atoms with Crippen LogP contribution >= 0.6 is 15.9 Å². The quantitative estimate of drug-likeness (QED) is 0.648. The number of hydrogen-bond acceptors (Lipinski definition) is 5. The first-order chi connectivity index (χ1) is 9.96. The smallest absolute Gasteiger partial charge is 0.492 e. The molecule has 0 heterocycles. The number of alkyl halides is 3. The summed E-state index contributed by atoms with van der Waals surface area (Å²) in [4.78, 5) is 0. The van der Waals surface area contributed by atoms with E-state index < -0.39 is 22.6 Å². The molecule has 0 aliphatic heterocycles. The van der Waals surface area contributed by atoms with Gasteiger partial charge in [0.15, 0.2) is 0 Å². The molecule has 22 heavy (non-hydrogen) atoms. The fourth-order valence-electron chi connectivity index (χ4n) is 1.48. The Hall–Kier alpha value is -1.00. The van der Waals surface area contributed by atoms with Gasteiger partial charge in [0.05, 0.1) is 23.4 Å². The van der Waals surface area contributed by atoms with Crippen molar-refractivity contribution in [2.45, 2.75) is 25.8 Å². The minimum Gasteiger partial charge on any atom is -0.492 e. The van der Waals surface area contributed by atoms with Gasteiger partial charge in [0, 0.05) is 6.42 Å². The van der Waals surface area contributed by atoms with Gasteiger partial charge in [0.2, 0.25) is 0 Å². The number of benzene rings is 1. The summed E-state index contributed by atoms with van der Waals surface area (Å²) in [7, 11) is -3.54. The molecule has 1 unspecified atom stereocenters. The first-order valence-electron chi connectivity index (χ1n) is 6.02. The minimum atomic E-state index is -4.76. The normalized spacial score (nSPS) is 13.7. The average molecular weight is 407 g/mol. The van der Waals surface area contributed by atoms with E-state index in [-0.39, 0.29) is 16.8 Å². The molecule has 126 valence electrons. The van der Waals surface area contributed by atoms with Crippen molar-refractivity contribution in [2.75, 3.05) is 12.9 Å². The zero-order chi connectivity index (χ0) is 17.0. The highest BCUT2D eigenvalue weighted by molar-refractivity contribution is 9.10. The van der Waals surface area contributed by atoms with Crippen molar-refractivity contribution >= 4 is 26.0 Å². The van der Waals surface area contributed by atoms with E-state index in [1.807, 2.05) is 0 Å². The molecule has 1 rings (SSSR count). The van der Waals surface area contributed by atoms with Crippen molar-refractivity contribution in [1.82, 2.24) is 0 Å². The van der Waals surface area contributed by atoms with Crippen LogP contribution in [0.1, 0.15) is 13.3 Å². The van der Waals surface area contributed by atoms with Gasteiger partial charge in [-0.2, -0.15) is 8.42 Å². The van der Waals surface area contributed by atoms with Crippen LogP contribution in [0.3, 0.4) is 0 Å². The van der Waals surface area contributed by atoms with Crippen molar-refractivity contribution in [2.24, 2.45) is 0 Å². The molecule has 0 aliphatic carbocycles. The molecule has 5 nitrogen and oxygen atoms in total. The van der Waals surface area contributed by atoms with E-state index >= 15 is 0 Å². The molecule has 0 N–H and O–H groups in total. The number of halogens is 4. The van der Waals surface area contributed by atoms with Gasteiger partial charge < -0.3 is 9.47 Å². The average Bonchev–Trinajstić information content (AvgIpc) is 2.27. The Balaban J connectivity index is 2.53. The van der Waals surface area contributed by atoms with E-state index in [9.17, 15) is 21.6 Å². The highest BCUT2D eigenvalue weighted by Crippen LogP contribution is 2.32. The maximum atomic E-state index is 12.1. The summed E-state index contributed by atoms with van der Waals surface area (Å²) in [5.41, 5.74) is 0. The maximum absolute atomic E-state index is 12.1. The second-order valence-electron chi connectivity index (χ2n) is 4.39. The fraction of sp³-hybridized carbons (Fsp3) is 0.500. The number of hydrogen-bond donors (Lipinski definition) is 0. The van der Waals surface area contributed by atoms with Crippen molar-refractivity contribution in [3.05, 3.63) is 22.7 Å². The Morgan fingerprint density at radius 2 is 1.95 bits per heavy atom. The summed E-state index contributed by atoms with van der Waals surface area (Å²) in [6.45, 7) is 1.70. The van der Waals surface area contributed by atoms with Crippen LogP contribution in [-0.2, 0) is 14.3 Å². The van der Waals surface area contributed by atoms with Crippen LogP contribution in [0.5, 0.6) is 11.5 Å². The van der Waals surface area contributed by atoms with Crippen molar-refractivity contribution in [3.63, 3.8) is 0 Å². The summed E-state index contributed by atoms with van der Waals surface area (Å²) in [6, 6.07) is 3.55. The third-order valence-electron chi connectivity index (χ3n) is 2.26. The van der Waals surface area contributed by atoms with Gasteiger partial charge in [-0.3, -0.25) is 4.18 Å². The predicted molar refractivity (Wildman–Crippen MR) is 76.3 cm³/mol. The number of ether oxygens (including phenoxy) is 2. The highest BCUT2D eigenvalue weighted by Gasteiger charge is 2.31. The lowest BCUT2D eigenvalue weighted by Gasteiger charge is -2.14. The Bertz CT molecular complexity index is 603. The first-order valence-corrected chi connectivity index (χ1v) is 8.63. The molecular weight excluding hydrogens is 393 g/mol. The molecule has 1 atom stereocenters. The van der Waals surface area contributed by atoms with Gasteiger partial charge in [0.25, 0.3) is 10.1 Å². The minimum absolute atomic E-state index is 0.134. The molecule has 10 heteroatoms. The van der Waals surface area contributed by atoms with E-state index in [1.54, 1.807) is 6.92 Å². The van der Waals surface area contributed by atoms with Crippen LogP contribution in [0.15, 0.2) is 22.7 Å². The fourth-order valence-corrected chi connectivity index (χ4v) is 2.64. The lowest BCUT2D eigenvalue weighted by molar-refractivity contribution is -0.274. The van der Waals surface area contributed by atoms with Crippen molar-refractivity contribution in [3.8, 4) is 11.5 Å². The lowest BCUT2D eigenvalue weighted by Crippen LogP contribution is -2.17. The van der Waals surface area contributed by atoms with Crippen LogP contribution < -0.4 is 9.47 Å². The lowest BCUT2D eigenvalue weighted by atomic mass is 10.3. The van der Waals surface area contributed by atoms with Gasteiger partial charge in [-0.15, -0.1) is 13.2 Å². The summed E-state index contributed by atoms with van der Waals surface area (Å²) in [5.74, 6) is -0.0680. The Kier molecular flexibility index (Phi) is 6.50.